The van der Waals surface area contributed by atoms with Gasteiger partial charge in [-0.1, -0.05) is 0 Å². The number of amides is 2. The number of anilines is 1. The van der Waals surface area contributed by atoms with E-state index in [1.807, 2.05) is 6.07 Å². The number of fused-ring (bicyclic) bond motifs is 1. The summed E-state index contributed by atoms with van der Waals surface area (Å²) in [5.74, 6) is -0.162. The molecule has 0 atom stereocenters. The van der Waals surface area contributed by atoms with Gasteiger partial charge in [-0.3, -0.25) is 9.59 Å². The highest BCUT2D eigenvalue weighted by Crippen LogP contribution is 2.33. The predicted octanol–water partition coefficient (Wildman–Crippen LogP) is 2.49. The molecule has 2 N–H and O–H groups in total. The molecular formula is C24H35FN6O2. The summed E-state index contributed by atoms with van der Waals surface area (Å²) in [5, 5.41) is 6.36. The summed E-state index contributed by atoms with van der Waals surface area (Å²) in [5.41, 5.74) is 1.64. The molecule has 2 aliphatic rings. The molecule has 0 saturated carbocycles. The lowest BCUT2D eigenvalue weighted by Gasteiger charge is -2.40. The van der Waals surface area contributed by atoms with E-state index in [0.29, 0.717) is 44.1 Å². The molecule has 2 aromatic heterocycles. The minimum Gasteiger partial charge on any atom is -0.358 e. The Morgan fingerprint density at radius 1 is 1.27 bits per heavy atom. The van der Waals surface area contributed by atoms with Crippen molar-refractivity contribution in [3.8, 4) is 0 Å². The van der Waals surface area contributed by atoms with Crippen molar-refractivity contribution < 1.29 is 14.0 Å². The largest absolute Gasteiger partial charge is 0.358 e. The van der Waals surface area contributed by atoms with Crippen molar-refractivity contribution in [1.29, 1.82) is 0 Å². The Bertz CT molecular complexity index is 977. The fourth-order valence-electron chi connectivity index (χ4n) is 5.04. The van der Waals surface area contributed by atoms with Crippen molar-refractivity contribution >= 4 is 29.0 Å². The van der Waals surface area contributed by atoms with E-state index in [1.165, 1.54) is 0 Å². The van der Waals surface area contributed by atoms with Crippen LogP contribution in [0.4, 0.5) is 10.1 Å². The maximum absolute atomic E-state index is 15.2. The van der Waals surface area contributed by atoms with E-state index in [2.05, 4.69) is 50.2 Å². The molecule has 2 aliphatic heterocycles. The van der Waals surface area contributed by atoms with Crippen LogP contribution < -0.4 is 10.6 Å². The second-order valence-electron chi connectivity index (χ2n) is 9.65. The molecule has 0 unspecified atom stereocenters. The highest BCUT2D eigenvalue weighted by molar-refractivity contribution is 5.93. The lowest BCUT2D eigenvalue weighted by atomic mass is 9.92. The number of aromatic nitrogens is 2. The number of carbonyl (C=O) groups excluding carboxylic acids is 2. The van der Waals surface area contributed by atoms with Gasteiger partial charge in [-0.2, -0.15) is 0 Å². The normalized spacial score (nSPS) is 20.1. The van der Waals surface area contributed by atoms with Crippen molar-refractivity contribution in [2.45, 2.75) is 50.7 Å². The standard InChI is InChI=1S/C24H35FN6O2/c1-18-15-31(23-21(18)13-19(14-27-23)28-22(33)3-8-26-17-32)20-4-9-30(10-5-20)16-24(25)6-11-29(2)12-7-24/h13-15,17,20H,3-12,16H2,1-2H3,(H,26,32)(H,28,33). The van der Waals surface area contributed by atoms with Crippen LogP contribution in [0.1, 0.15) is 43.7 Å². The third kappa shape index (κ3) is 5.70. The molecule has 2 fully saturated rings. The first-order valence-corrected chi connectivity index (χ1v) is 11.9. The van der Waals surface area contributed by atoms with Crippen LogP contribution in [0.2, 0.25) is 0 Å². The van der Waals surface area contributed by atoms with Crippen LogP contribution in [0.5, 0.6) is 0 Å². The zero-order chi connectivity index (χ0) is 23.4. The Balaban J connectivity index is 1.37. The van der Waals surface area contributed by atoms with Crippen LogP contribution in [0.15, 0.2) is 18.5 Å². The van der Waals surface area contributed by atoms with E-state index in [9.17, 15) is 9.59 Å². The van der Waals surface area contributed by atoms with Crippen molar-refractivity contribution in [2.24, 2.45) is 0 Å². The summed E-state index contributed by atoms with van der Waals surface area (Å²) in [7, 11) is 2.06. The third-order valence-electron chi connectivity index (χ3n) is 7.07. The zero-order valence-electron chi connectivity index (χ0n) is 19.6. The maximum Gasteiger partial charge on any atom is 0.226 e. The van der Waals surface area contributed by atoms with Crippen LogP contribution in [-0.4, -0.2) is 83.7 Å². The Morgan fingerprint density at radius 3 is 2.70 bits per heavy atom. The second kappa shape index (κ2) is 10.2. The first-order chi connectivity index (χ1) is 15.9. The molecule has 8 nitrogen and oxygen atoms in total. The molecule has 9 heteroatoms. The smallest absolute Gasteiger partial charge is 0.226 e. The zero-order valence-corrected chi connectivity index (χ0v) is 19.6. The molecular weight excluding hydrogens is 423 g/mol. The quantitative estimate of drug-likeness (QED) is 0.469. The van der Waals surface area contributed by atoms with Crippen molar-refractivity contribution in [2.75, 3.05) is 51.6 Å². The van der Waals surface area contributed by atoms with Crippen LogP contribution in [0.25, 0.3) is 11.0 Å². The summed E-state index contributed by atoms with van der Waals surface area (Å²) in [6, 6.07) is 2.30. The molecule has 0 aliphatic carbocycles. The molecule has 2 amide bonds. The minimum atomic E-state index is -1.05. The highest BCUT2D eigenvalue weighted by atomic mass is 19.1. The number of hydrogen-bond donors (Lipinski definition) is 2. The molecule has 2 saturated heterocycles. The van der Waals surface area contributed by atoms with Gasteiger partial charge in [0.15, 0.2) is 0 Å². The number of piperidine rings is 2. The average Bonchev–Trinajstić information content (AvgIpc) is 3.13. The monoisotopic (exact) mass is 458 g/mol. The van der Waals surface area contributed by atoms with Gasteiger partial charge in [-0.25, -0.2) is 9.37 Å². The summed E-state index contributed by atoms with van der Waals surface area (Å²) in [6.07, 6.45) is 7.83. The van der Waals surface area contributed by atoms with Gasteiger partial charge >= 0.3 is 0 Å². The van der Waals surface area contributed by atoms with Crippen molar-refractivity contribution in [3.05, 3.63) is 24.0 Å². The topological polar surface area (TPSA) is 82.5 Å². The van der Waals surface area contributed by atoms with Gasteiger partial charge in [0.1, 0.15) is 11.3 Å². The van der Waals surface area contributed by atoms with E-state index in [4.69, 9.17) is 0 Å². The van der Waals surface area contributed by atoms with Crippen LogP contribution in [0, 0.1) is 6.92 Å². The summed E-state index contributed by atoms with van der Waals surface area (Å²) >= 11 is 0. The molecule has 0 radical (unpaired) electrons. The van der Waals surface area contributed by atoms with Crippen molar-refractivity contribution in [3.63, 3.8) is 0 Å². The Morgan fingerprint density at radius 2 is 2.00 bits per heavy atom. The minimum absolute atomic E-state index is 0.162. The van der Waals surface area contributed by atoms with E-state index in [1.54, 1.807) is 6.20 Å². The summed E-state index contributed by atoms with van der Waals surface area (Å²) in [6.45, 7) is 6.38. The van der Waals surface area contributed by atoms with Gasteiger partial charge in [0.05, 0.1) is 11.9 Å². The molecule has 4 heterocycles. The number of carbonyl (C=O) groups is 2. The summed E-state index contributed by atoms with van der Waals surface area (Å²) in [4.78, 5) is 31.5. The lowest BCUT2D eigenvalue weighted by Crippen LogP contribution is -2.49. The van der Waals surface area contributed by atoms with E-state index in [-0.39, 0.29) is 12.3 Å². The van der Waals surface area contributed by atoms with Crippen LogP contribution in [0.3, 0.4) is 0 Å². The first-order valence-electron chi connectivity index (χ1n) is 11.9. The first kappa shape index (κ1) is 23.6. The van der Waals surface area contributed by atoms with Crippen LogP contribution in [-0.2, 0) is 9.59 Å². The number of pyridine rings is 1. The molecule has 4 rings (SSSR count). The van der Waals surface area contributed by atoms with Gasteiger partial charge in [0.2, 0.25) is 12.3 Å². The Labute approximate surface area is 194 Å². The number of aryl methyl sites for hydroxylation is 1. The molecule has 0 spiro atoms. The number of rotatable bonds is 8. The van der Waals surface area contributed by atoms with E-state index in [0.717, 1.165) is 55.6 Å². The average molecular weight is 459 g/mol. The Hall–Kier alpha value is -2.52. The van der Waals surface area contributed by atoms with Crippen LogP contribution >= 0.6 is 0 Å². The molecule has 2 aromatic rings. The van der Waals surface area contributed by atoms with Gasteiger partial charge < -0.3 is 25.0 Å². The molecule has 33 heavy (non-hydrogen) atoms. The second-order valence-corrected chi connectivity index (χ2v) is 9.65. The third-order valence-corrected chi connectivity index (χ3v) is 7.07. The number of likely N-dealkylation sites (tertiary alicyclic amines) is 2. The van der Waals surface area contributed by atoms with Gasteiger partial charge in [-0.15, -0.1) is 0 Å². The molecule has 0 bridgehead atoms. The maximum atomic E-state index is 15.2. The number of hydrogen-bond acceptors (Lipinski definition) is 5. The molecule has 0 aromatic carbocycles. The highest BCUT2D eigenvalue weighted by Gasteiger charge is 2.36. The van der Waals surface area contributed by atoms with E-state index < -0.39 is 5.67 Å². The van der Waals surface area contributed by atoms with Crippen molar-refractivity contribution in [1.82, 2.24) is 24.7 Å². The van der Waals surface area contributed by atoms with E-state index >= 15 is 4.39 Å². The summed E-state index contributed by atoms with van der Waals surface area (Å²) < 4.78 is 17.5. The lowest BCUT2D eigenvalue weighted by molar-refractivity contribution is -0.116. The van der Waals surface area contributed by atoms with Gasteiger partial charge in [0.25, 0.3) is 0 Å². The predicted molar refractivity (Wildman–Crippen MR) is 127 cm³/mol. The SMILES string of the molecule is Cc1cn(C2CCN(CC3(F)CCN(C)CC3)CC2)c2ncc(NC(=O)CCNC=O)cc12. The fraction of sp³-hybridized carbons (Fsp3) is 0.625. The fourth-order valence-corrected chi connectivity index (χ4v) is 5.04. The van der Waals surface area contributed by atoms with Gasteiger partial charge in [0, 0.05) is 63.3 Å². The number of nitrogens with zero attached hydrogens (tertiary/aromatic N) is 4. The number of halogens is 1. The Kier molecular flexibility index (Phi) is 7.29. The molecule has 180 valence electrons. The number of nitrogens with one attached hydrogen (secondary N) is 2. The van der Waals surface area contributed by atoms with Gasteiger partial charge in [-0.05, 0) is 51.3 Å². The number of alkyl halides is 1.